The van der Waals surface area contributed by atoms with Gasteiger partial charge in [0.1, 0.15) is 0 Å². The van der Waals surface area contributed by atoms with Gasteiger partial charge in [0.05, 0.1) is 17.3 Å². The Bertz CT molecular complexity index is 859. The highest BCUT2D eigenvalue weighted by molar-refractivity contribution is 5.87. The van der Waals surface area contributed by atoms with Crippen molar-refractivity contribution < 1.29 is 15.0 Å². The Morgan fingerprint density at radius 3 is 2.91 bits per heavy atom. The summed E-state index contributed by atoms with van der Waals surface area (Å²) in [5, 5.41) is 27.3. The van der Waals surface area contributed by atoms with E-state index in [0.717, 1.165) is 16.5 Å². The molecule has 0 bridgehead atoms. The number of benzene rings is 1. The van der Waals surface area contributed by atoms with Crippen molar-refractivity contribution in [3.05, 3.63) is 53.5 Å². The van der Waals surface area contributed by atoms with Gasteiger partial charge >= 0.3 is 5.97 Å². The molecule has 0 aliphatic carbocycles. The van der Waals surface area contributed by atoms with E-state index in [4.69, 9.17) is 5.11 Å². The smallest absolute Gasteiger partial charge is 0.356 e. The number of nitrogens with zero attached hydrogens (tertiary/aromatic N) is 4. The molecule has 2 aromatic heterocycles. The number of carboxylic acids is 1. The van der Waals surface area contributed by atoms with Gasteiger partial charge in [-0.15, -0.1) is 5.10 Å². The van der Waals surface area contributed by atoms with Crippen molar-refractivity contribution in [3.8, 4) is 0 Å². The van der Waals surface area contributed by atoms with Crippen molar-refractivity contribution in [2.24, 2.45) is 0 Å². The molecule has 0 amide bonds. The molecule has 0 saturated heterocycles. The summed E-state index contributed by atoms with van der Waals surface area (Å²) in [7, 11) is 0. The van der Waals surface area contributed by atoms with E-state index in [-0.39, 0.29) is 30.5 Å². The van der Waals surface area contributed by atoms with Crippen LogP contribution in [0.2, 0.25) is 0 Å². The minimum Gasteiger partial charge on any atom is -0.476 e. The second-order valence-electron chi connectivity index (χ2n) is 5.24. The predicted octanol–water partition coefficient (Wildman–Crippen LogP) is 1.67. The quantitative estimate of drug-likeness (QED) is 0.743. The normalized spacial score (nSPS) is 12.4. The largest absolute Gasteiger partial charge is 0.476 e. The van der Waals surface area contributed by atoms with Crippen LogP contribution < -0.4 is 0 Å². The second-order valence-corrected chi connectivity index (χ2v) is 5.24. The van der Waals surface area contributed by atoms with Gasteiger partial charge in [0, 0.05) is 24.6 Å². The molecule has 3 aromatic rings. The number of aliphatic hydroxyl groups excluding tert-OH is 1. The maximum Gasteiger partial charge on any atom is 0.356 e. The summed E-state index contributed by atoms with van der Waals surface area (Å²) in [6, 6.07) is 9.27. The van der Waals surface area contributed by atoms with Gasteiger partial charge in [0.2, 0.25) is 0 Å². The number of carbonyl (C=O) groups is 1. The van der Waals surface area contributed by atoms with Gasteiger partial charge in [-0.25, -0.2) is 9.48 Å². The second kappa shape index (κ2) is 6.13. The molecule has 0 saturated carbocycles. The molecule has 0 aliphatic rings. The third-order valence-corrected chi connectivity index (χ3v) is 3.79. The fourth-order valence-electron chi connectivity index (χ4n) is 2.59. The predicted molar refractivity (Wildman–Crippen MR) is 83.3 cm³/mol. The summed E-state index contributed by atoms with van der Waals surface area (Å²) in [5.41, 5.74) is 2.09. The molecular weight excluding hydrogens is 296 g/mol. The first kappa shape index (κ1) is 15.1. The zero-order valence-electron chi connectivity index (χ0n) is 12.5. The van der Waals surface area contributed by atoms with Gasteiger partial charge in [-0.2, -0.15) is 0 Å². The highest BCUT2D eigenvalue weighted by Gasteiger charge is 2.23. The molecule has 23 heavy (non-hydrogen) atoms. The van der Waals surface area contributed by atoms with Crippen LogP contribution >= 0.6 is 0 Å². The average molecular weight is 312 g/mol. The van der Waals surface area contributed by atoms with Crippen LogP contribution in [0.3, 0.4) is 0 Å². The van der Waals surface area contributed by atoms with E-state index in [1.54, 1.807) is 6.20 Å². The van der Waals surface area contributed by atoms with E-state index in [1.807, 2.05) is 37.3 Å². The van der Waals surface area contributed by atoms with Gasteiger partial charge in [0.25, 0.3) is 0 Å². The topological polar surface area (TPSA) is 101 Å². The van der Waals surface area contributed by atoms with Crippen LogP contribution in [-0.4, -0.2) is 42.8 Å². The SMILES string of the molecule is CC(c1ccc2ncccc2c1)n1nnc(CCO)c1C(=O)O. The Balaban J connectivity index is 2.04. The molecule has 3 rings (SSSR count). The van der Waals surface area contributed by atoms with Crippen LogP contribution in [0.5, 0.6) is 0 Å². The van der Waals surface area contributed by atoms with Gasteiger partial charge in [-0.05, 0) is 30.7 Å². The molecule has 2 N–H and O–H groups in total. The van der Waals surface area contributed by atoms with Crippen molar-refractivity contribution in [1.82, 2.24) is 20.0 Å². The summed E-state index contributed by atoms with van der Waals surface area (Å²) < 4.78 is 1.38. The molecule has 7 nitrogen and oxygen atoms in total. The van der Waals surface area contributed by atoms with Crippen molar-refractivity contribution in [2.75, 3.05) is 6.61 Å². The number of hydrogen-bond donors (Lipinski definition) is 2. The van der Waals surface area contributed by atoms with Crippen LogP contribution in [0.15, 0.2) is 36.5 Å². The number of aliphatic hydroxyl groups is 1. The lowest BCUT2D eigenvalue weighted by Crippen LogP contribution is -2.16. The van der Waals surface area contributed by atoms with Crippen LogP contribution in [0.4, 0.5) is 0 Å². The Morgan fingerprint density at radius 2 is 2.17 bits per heavy atom. The maximum atomic E-state index is 11.5. The first-order valence-electron chi connectivity index (χ1n) is 7.24. The van der Waals surface area contributed by atoms with E-state index >= 15 is 0 Å². The van der Waals surface area contributed by atoms with Crippen molar-refractivity contribution in [1.29, 1.82) is 0 Å². The number of rotatable bonds is 5. The third kappa shape index (κ3) is 2.78. The summed E-state index contributed by atoms with van der Waals surface area (Å²) in [4.78, 5) is 15.8. The minimum atomic E-state index is -1.10. The van der Waals surface area contributed by atoms with Crippen molar-refractivity contribution in [3.63, 3.8) is 0 Å². The number of aromatic nitrogens is 4. The molecule has 0 fully saturated rings. The minimum absolute atomic E-state index is 0.0119. The molecule has 0 spiro atoms. The van der Waals surface area contributed by atoms with E-state index in [9.17, 15) is 9.90 Å². The van der Waals surface area contributed by atoms with Gasteiger partial charge in [-0.3, -0.25) is 4.98 Å². The Labute approximate surface area is 132 Å². The first-order valence-corrected chi connectivity index (χ1v) is 7.24. The average Bonchev–Trinajstić information content (AvgIpc) is 2.98. The summed E-state index contributed by atoms with van der Waals surface area (Å²) >= 11 is 0. The summed E-state index contributed by atoms with van der Waals surface area (Å²) in [6.07, 6.45) is 1.89. The number of carboxylic acid groups (broad SMARTS) is 1. The van der Waals surface area contributed by atoms with Crippen LogP contribution in [0.1, 0.15) is 34.7 Å². The van der Waals surface area contributed by atoms with Crippen LogP contribution in [0, 0.1) is 0 Å². The van der Waals surface area contributed by atoms with Crippen LogP contribution in [-0.2, 0) is 6.42 Å². The number of fused-ring (bicyclic) bond motifs is 1. The standard InChI is InChI=1S/C16H16N4O3/c1-10(11-4-5-13-12(9-11)3-2-7-17-13)20-15(16(22)23)14(6-8-21)18-19-20/h2-5,7,9-10,21H,6,8H2,1H3,(H,22,23). The summed E-state index contributed by atoms with van der Waals surface area (Å²) in [5.74, 6) is -1.10. The molecule has 7 heteroatoms. The lowest BCUT2D eigenvalue weighted by atomic mass is 10.1. The van der Waals surface area contributed by atoms with E-state index < -0.39 is 5.97 Å². The van der Waals surface area contributed by atoms with Crippen molar-refractivity contribution in [2.45, 2.75) is 19.4 Å². The van der Waals surface area contributed by atoms with Gasteiger partial charge in [0.15, 0.2) is 5.69 Å². The van der Waals surface area contributed by atoms with Crippen molar-refractivity contribution >= 4 is 16.9 Å². The van der Waals surface area contributed by atoms with Crippen LogP contribution in [0.25, 0.3) is 10.9 Å². The van der Waals surface area contributed by atoms with Gasteiger partial charge in [-0.1, -0.05) is 17.3 Å². The molecule has 0 aliphatic heterocycles. The summed E-state index contributed by atoms with van der Waals surface area (Å²) in [6.45, 7) is 1.69. The number of pyridine rings is 1. The number of hydrogen-bond acceptors (Lipinski definition) is 5. The van der Waals surface area contributed by atoms with Gasteiger partial charge < -0.3 is 10.2 Å². The Morgan fingerprint density at radius 1 is 1.35 bits per heavy atom. The van der Waals surface area contributed by atoms with E-state index in [1.165, 1.54) is 4.68 Å². The Hall–Kier alpha value is -2.80. The fourth-order valence-corrected chi connectivity index (χ4v) is 2.59. The molecule has 1 unspecified atom stereocenters. The lowest BCUT2D eigenvalue weighted by molar-refractivity contribution is 0.0680. The monoisotopic (exact) mass is 312 g/mol. The highest BCUT2D eigenvalue weighted by Crippen LogP contribution is 2.23. The molecule has 2 heterocycles. The highest BCUT2D eigenvalue weighted by atomic mass is 16.4. The zero-order chi connectivity index (χ0) is 16.4. The van der Waals surface area contributed by atoms with E-state index in [0.29, 0.717) is 0 Å². The molecular formula is C16H16N4O3. The third-order valence-electron chi connectivity index (χ3n) is 3.79. The molecule has 1 atom stereocenters. The Kier molecular flexibility index (Phi) is 4.03. The number of aromatic carboxylic acids is 1. The molecule has 0 radical (unpaired) electrons. The fraction of sp³-hybridized carbons (Fsp3) is 0.250. The zero-order valence-corrected chi connectivity index (χ0v) is 12.5. The lowest BCUT2D eigenvalue weighted by Gasteiger charge is -2.14. The maximum absolute atomic E-state index is 11.5. The first-order chi connectivity index (χ1) is 11.1. The van der Waals surface area contributed by atoms with E-state index in [2.05, 4.69) is 15.3 Å². The molecule has 1 aromatic carbocycles. The molecule has 118 valence electrons.